The molecule has 2 aliphatic heterocycles. The summed E-state index contributed by atoms with van der Waals surface area (Å²) in [6, 6.07) is 63.9. The lowest BCUT2D eigenvalue weighted by molar-refractivity contribution is 0.583. The van der Waals surface area contributed by atoms with Gasteiger partial charge in [0.15, 0.2) is 0 Å². The Bertz CT molecular complexity index is 3610. The molecule has 0 atom stereocenters. The van der Waals surface area contributed by atoms with Gasteiger partial charge in [-0.2, -0.15) is 0 Å². The molecule has 75 heavy (non-hydrogen) atoms. The maximum atomic E-state index is 2.60. The first-order valence-electron chi connectivity index (χ1n) is 27.5. The molecule has 0 bridgehead atoms. The van der Waals surface area contributed by atoms with Crippen molar-refractivity contribution in [3.63, 3.8) is 0 Å². The van der Waals surface area contributed by atoms with Crippen molar-refractivity contribution in [3.05, 3.63) is 203 Å². The van der Waals surface area contributed by atoms with Crippen molar-refractivity contribution in [2.24, 2.45) is 0 Å². The molecule has 11 rings (SSSR count). The first-order valence-corrected chi connectivity index (χ1v) is 27.5. The van der Waals surface area contributed by atoms with E-state index in [4.69, 9.17) is 0 Å². The molecule has 9 aromatic rings. The number of hydrogen-bond acceptors (Lipinski definition) is 2. The van der Waals surface area contributed by atoms with Gasteiger partial charge < -0.3 is 14.4 Å². The van der Waals surface area contributed by atoms with Crippen LogP contribution in [-0.2, 0) is 32.5 Å². The topological polar surface area (TPSA) is 11.4 Å². The molecule has 0 spiro atoms. The molecule has 3 nitrogen and oxygen atoms in total. The Morgan fingerprint density at radius 3 is 1.40 bits per heavy atom. The highest BCUT2D eigenvalue weighted by Crippen LogP contribution is 2.48. The lowest BCUT2D eigenvalue weighted by Crippen LogP contribution is -2.64. The number of anilines is 6. The van der Waals surface area contributed by atoms with Gasteiger partial charge in [0.2, 0.25) is 6.71 Å². The Hall–Kier alpha value is -6.78. The van der Waals surface area contributed by atoms with E-state index in [1.165, 1.54) is 99.9 Å². The highest BCUT2D eigenvalue weighted by atomic mass is 15.2. The molecule has 0 unspecified atom stereocenters. The Kier molecular flexibility index (Phi) is 11.5. The molecule has 0 N–H and O–H groups in total. The number of aromatic nitrogens is 1. The van der Waals surface area contributed by atoms with Gasteiger partial charge in [-0.1, -0.05) is 202 Å². The lowest BCUT2D eigenvalue weighted by atomic mass is 9.30. The van der Waals surface area contributed by atoms with Crippen molar-refractivity contribution in [1.29, 1.82) is 0 Å². The molecule has 1 aromatic heterocycles. The van der Waals surface area contributed by atoms with Crippen molar-refractivity contribution in [2.75, 3.05) is 9.80 Å². The van der Waals surface area contributed by atoms with Gasteiger partial charge in [-0.3, -0.25) is 0 Å². The van der Waals surface area contributed by atoms with Gasteiger partial charge in [0, 0.05) is 56.0 Å². The SMILES string of the molecule is CC(C)(C)c1ccc(N(c2ccc(C(C)(C)C)cc2)c2ccc3c(c2)C(C)(C)c2cc(C(C)(C)C)cc4c2B3c2cc3c5cc(C(C)(C)C)ccc5n(-c5ccc(C(C)(C)C)cc5)c3cc2N4c2ccccc2)cc1. The Labute approximate surface area is 449 Å². The third-order valence-corrected chi connectivity index (χ3v) is 16.8. The fourth-order valence-electron chi connectivity index (χ4n) is 12.2. The van der Waals surface area contributed by atoms with Crippen LogP contribution in [0.5, 0.6) is 0 Å². The zero-order valence-corrected chi connectivity index (χ0v) is 48.0. The molecule has 0 saturated carbocycles. The monoisotopic (exact) mass is 984 g/mol. The first-order chi connectivity index (χ1) is 35.1. The van der Waals surface area contributed by atoms with Crippen molar-refractivity contribution in [3.8, 4) is 5.69 Å². The van der Waals surface area contributed by atoms with Crippen molar-refractivity contribution in [1.82, 2.24) is 4.57 Å². The van der Waals surface area contributed by atoms with Gasteiger partial charge in [-0.05, 0) is 162 Å². The van der Waals surface area contributed by atoms with Crippen LogP contribution in [-0.4, -0.2) is 11.3 Å². The molecule has 380 valence electrons. The molecular formula is C71H78BN3. The van der Waals surface area contributed by atoms with E-state index < -0.39 is 0 Å². The molecule has 0 aliphatic carbocycles. The molecule has 0 radical (unpaired) electrons. The summed E-state index contributed by atoms with van der Waals surface area (Å²) in [5.74, 6) is 0. The highest BCUT2D eigenvalue weighted by molar-refractivity contribution is 6.99. The van der Waals surface area contributed by atoms with Crippen LogP contribution in [0, 0.1) is 0 Å². The summed E-state index contributed by atoms with van der Waals surface area (Å²) < 4.78 is 2.53. The van der Waals surface area contributed by atoms with Gasteiger partial charge in [0.1, 0.15) is 0 Å². The van der Waals surface area contributed by atoms with E-state index in [0.29, 0.717) is 0 Å². The van der Waals surface area contributed by atoms with Crippen LogP contribution in [0.15, 0.2) is 164 Å². The third-order valence-electron chi connectivity index (χ3n) is 16.8. The van der Waals surface area contributed by atoms with E-state index in [-0.39, 0.29) is 39.2 Å². The highest BCUT2D eigenvalue weighted by Gasteiger charge is 2.47. The van der Waals surface area contributed by atoms with Gasteiger partial charge in [0.05, 0.1) is 11.0 Å². The maximum absolute atomic E-state index is 2.60. The molecule has 4 heteroatoms. The average molecular weight is 984 g/mol. The summed E-state index contributed by atoms with van der Waals surface area (Å²) in [6.45, 7) is 39.7. The Morgan fingerprint density at radius 1 is 0.373 bits per heavy atom. The van der Waals surface area contributed by atoms with Crippen LogP contribution in [0.4, 0.5) is 34.1 Å². The lowest BCUT2D eigenvalue weighted by Gasteiger charge is -2.46. The van der Waals surface area contributed by atoms with Gasteiger partial charge in [-0.25, -0.2) is 0 Å². The summed E-state index contributed by atoms with van der Waals surface area (Å²) in [5.41, 5.74) is 24.0. The van der Waals surface area contributed by atoms with Crippen LogP contribution in [0.25, 0.3) is 27.5 Å². The van der Waals surface area contributed by atoms with Crippen LogP contribution >= 0.6 is 0 Å². The van der Waals surface area contributed by atoms with Crippen LogP contribution in [0.3, 0.4) is 0 Å². The summed E-state index contributed by atoms with van der Waals surface area (Å²) >= 11 is 0. The molecular weight excluding hydrogens is 906 g/mol. The fraction of sp³-hybridized carbons (Fsp3) is 0.324. The predicted octanol–water partition coefficient (Wildman–Crippen LogP) is 17.7. The van der Waals surface area contributed by atoms with Crippen molar-refractivity contribution < 1.29 is 0 Å². The number of hydrogen-bond donors (Lipinski definition) is 0. The fourth-order valence-corrected chi connectivity index (χ4v) is 12.2. The quantitative estimate of drug-likeness (QED) is 0.159. The van der Waals surface area contributed by atoms with Gasteiger partial charge in [0.25, 0.3) is 0 Å². The number of para-hydroxylation sites is 1. The van der Waals surface area contributed by atoms with Gasteiger partial charge in [-0.15, -0.1) is 0 Å². The maximum Gasteiger partial charge on any atom is 0.247 e. The van der Waals surface area contributed by atoms with E-state index in [9.17, 15) is 0 Å². The summed E-state index contributed by atoms with van der Waals surface area (Å²) in [6.07, 6.45) is 0. The summed E-state index contributed by atoms with van der Waals surface area (Å²) in [4.78, 5) is 5.08. The minimum absolute atomic E-state index is 0.0127. The second-order valence-electron chi connectivity index (χ2n) is 27.7. The van der Waals surface area contributed by atoms with E-state index in [1.54, 1.807) is 0 Å². The minimum atomic E-state index is -0.341. The van der Waals surface area contributed by atoms with E-state index in [2.05, 4.69) is 296 Å². The molecule has 3 heterocycles. The second-order valence-corrected chi connectivity index (χ2v) is 27.7. The molecule has 8 aromatic carbocycles. The van der Waals surface area contributed by atoms with Crippen LogP contribution in [0.2, 0.25) is 0 Å². The van der Waals surface area contributed by atoms with E-state index in [1.807, 2.05) is 0 Å². The van der Waals surface area contributed by atoms with E-state index >= 15 is 0 Å². The van der Waals surface area contributed by atoms with Crippen LogP contribution in [0.1, 0.15) is 157 Å². The number of fused-ring (bicyclic) bond motifs is 7. The van der Waals surface area contributed by atoms with Crippen molar-refractivity contribution in [2.45, 2.75) is 150 Å². The molecule has 2 aliphatic rings. The molecule has 0 amide bonds. The second kappa shape index (κ2) is 17.1. The number of nitrogens with zero attached hydrogens (tertiary/aromatic N) is 3. The van der Waals surface area contributed by atoms with Crippen molar-refractivity contribution >= 4 is 79.0 Å². The Morgan fingerprint density at radius 2 is 0.867 bits per heavy atom. The zero-order valence-electron chi connectivity index (χ0n) is 48.0. The molecule has 0 fully saturated rings. The third kappa shape index (κ3) is 8.52. The number of benzene rings is 8. The standard InChI is InChI=1S/C71H78BN3/c1-66(2,3)45-23-30-51(31-24-45)73(52-32-25-46(26-33-52)67(4,5)6)54-36-37-59-57(42-54)71(16,17)58-40-49(70(13,14)15)41-64-65(58)72(59)60-43-56-55-39-48(69(10,11)12)29-38-61(55)74(53-34-27-47(28-35-53)68(7,8)9)62(56)44-63(60)75(64)50-21-19-18-20-22-50/h18-44H,1-17H3. The average Bonchev–Trinajstić information content (AvgIpc) is 3.68. The van der Waals surface area contributed by atoms with Gasteiger partial charge >= 0.3 is 0 Å². The summed E-state index contributed by atoms with van der Waals surface area (Å²) in [7, 11) is 0. The summed E-state index contributed by atoms with van der Waals surface area (Å²) in [5, 5.41) is 2.57. The smallest absolute Gasteiger partial charge is 0.247 e. The Balaban J connectivity index is 1.22. The zero-order chi connectivity index (χ0) is 53.5. The predicted molar refractivity (Wildman–Crippen MR) is 327 cm³/mol. The van der Waals surface area contributed by atoms with E-state index in [0.717, 1.165) is 17.1 Å². The first kappa shape index (κ1) is 50.4. The number of rotatable bonds is 5. The molecule has 0 saturated heterocycles. The van der Waals surface area contributed by atoms with Crippen LogP contribution < -0.4 is 26.2 Å². The normalized spacial score (nSPS) is 14.5. The largest absolute Gasteiger partial charge is 0.311 e. The minimum Gasteiger partial charge on any atom is -0.311 e.